The summed E-state index contributed by atoms with van der Waals surface area (Å²) in [6, 6.07) is 0. The van der Waals surface area contributed by atoms with Gasteiger partial charge in [0, 0.05) is 13.1 Å². The molecule has 3 rings (SSSR count). The summed E-state index contributed by atoms with van der Waals surface area (Å²) < 4.78 is 0. The Labute approximate surface area is 56.0 Å². The molecule has 0 amide bonds. The van der Waals surface area contributed by atoms with Crippen molar-refractivity contribution in [2.75, 3.05) is 20.1 Å². The molecular formula is C8H13N. The molecular weight excluding hydrogens is 110 g/mol. The Balaban J connectivity index is 1.91. The molecule has 1 heterocycles. The number of hydrogen-bond acceptors (Lipinski definition) is 1. The van der Waals surface area contributed by atoms with E-state index >= 15 is 0 Å². The van der Waals surface area contributed by atoms with Gasteiger partial charge in [-0.25, -0.2) is 0 Å². The molecule has 2 saturated carbocycles. The lowest BCUT2D eigenvalue weighted by Gasteiger charge is -2.26. The lowest BCUT2D eigenvalue weighted by atomic mass is 9.85. The minimum absolute atomic E-state index is 0.898. The molecule has 0 radical (unpaired) electrons. The highest BCUT2D eigenvalue weighted by Crippen LogP contribution is 2.74. The first-order valence-corrected chi connectivity index (χ1v) is 4.01. The monoisotopic (exact) mass is 123 g/mol. The van der Waals surface area contributed by atoms with Crippen LogP contribution < -0.4 is 0 Å². The smallest absolute Gasteiger partial charge is 0.00411 e. The van der Waals surface area contributed by atoms with E-state index < -0.39 is 0 Å². The molecule has 0 aromatic carbocycles. The lowest BCUT2D eigenvalue weighted by Crippen LogP contribution is -2.28. The minimum Gasteiger partial charge on any atom is -0.305 e. The molecule has 1 saturated heterocycles. The molecule has 2 aliphatic carbocycles. The van der Waals surface area contributed by atoms with Gasteiger partial charge in [0.2, 0.25) is 0 Å². The van der Waals surface area contributed by atoms with Gasteiger partial charge in [0.15, 0.2) is 0 Å². The van der Waals surface area contributed by atoms with Crippen molar-refractivity contribution in [1.82, 2.24) is 4.90 Å². The van der Waals surface area contributed by atoms with Crippen molar-refractivity contribution in [3.8, 4) is 0 Å². The third-order valence-corrected chi connectivity index (χ3v) is 3.85. The molecule has 3 aliphatic rings. The molecule has 1 spiro atoms. The van der Waals surface area contributed by atoms with Gasteiger partial charge in [0.25, 0.3) is 0 Å². The fraction of sp³-hybridized carbons (Fsp3) is 1.00. The highest BCUT2D eigenvalue weighted by molar-refractivity contribution is 5.22. The Kier molecular flexibility index (Phi) is 0.563. The summed E-state index contributed by atoms with van der Waals surface area (Å²) in [5, 5.41) is 0. The average Bonchev–Trinajstić information content (AvgIpc) is 2.21. The Bertz CT molecular complexity index is 166. The van der Waals surface area contributed by atoms with Gasteiger partial charge in [-0.1, -0.05) is 0 Å². The standard InChI is InChI=1S/C8H13N/c1-9-4-7-6-2-3-8(6,7)5-9/h6-7H,2-5H2,1H3. The zero-order valence-electron chi connectivity index (χ0n) is 5.93. The number of hydrogen-bond donors (Lipinski definition) is 0. The number of rotatable bonds is 0. The Morgan fingerprint density at radius 2 is 2.33 bits per heavy atom. The van der Waals surface area contributed by atoms with Crippen LogP contribution in [0, 0.1) is 17.3 Å². The fourth-order valence-corrected chi connectivity index (χ4v) is 3.26. The van der Waals surface area contributed by atoms with E-state index in [9.17, 15) is 0 Å². The summed E-state index contributed by atoms with van der Waals surface area (Å²) in [5.74, 6) is 2.33. The zero-order chi connectivity index (χ0) is 6.06. The van der Waals surface area contributed by atoms with Crippen molar-refractivity contribution in [3.63, 3.8) is 0 Å². The summed E-state index contributed by atoms with van der Waals surface area (Å²) in [4.78, 5) is 2.50. The van der Waals surface area contributed by atoms with Gasteiger partial charge in [-0.15, -0.1) is 0 Å². The van der Waals surface area contributed by atoms with Crippen LogP contribution in [0.3, 0.4) is 0 Å². The molecule has 9 heavy (non-hydrogen) atoms. The second-order valence-corrected chi connectivity index (χ2v) is 4.18. The maximum absolute atomic E-state index is 2.50. The van der Waals surface area contributed by atoms with Crippen molar-refractivity contribution < 1.29 is 0 Å². The van der Waals surface area contributed by atoms with E-state index in [1.54, 1.807) is 12.8 Å². The van der Waals surface area contributed by atoms with Gasteiger partial charge < -0.3 is 4.90 Å². The molecule has 1 heteroatoms. The van der Waals surface area contributed by atoms with Crippen molar-refractivity contribution in [2.24, 2.45) is 17.3 Å². The molecule has 1 nitrogen and oxygen atoms in total. The Morgan fingerprint density at radius 1 is 1.44 bits per heavy atom. The largest absolute Gasteiger partial charge is 0.305 e. The van der Waals surface area contributed by atoms with Gasteiger partial charge in [-0.3, -0.25) is 0 Å². The van der Waals surface area contributed by atoms with Gasteiger partial charge in [-0.2, -0.15) is 0 Å². The van der Waals surface area contributed by atoms with Crippen molar-refractivity contribution >= 4 is 0 Å². The predicted octanol–water partition coefficient (Wildman–Crippen LogP) is 0.958. The molecule has 0 aromatic rings. The van der Waals surface area contributed by atoms with Crippen LogP contribution in [-0.2, 0) is 0 Å². The van der Waals surface area contributed by atoms with Crippen molar-refractivity contribution in [1.29, 1.82) is 0 Å². The second kappa shape index (κ2) is 1.07. The van der Waals surface area contributed by atoms with Crippen LogP contribution in [0.1, 0.15) is 12.8 Å². The van der Waals surface area contributed by atoms with Crippen LogP contribution in [0.5, 0.6) is 0 Å². The summed E-state index contributed by atoms with van der Waals surface area (Å²) >= 11 is 0. The van der Waals surface area contributed by atoms with Crippen LogP contribution in [-0.4, -0.2) is 25.0 Å². The first kappa shape index (κ1) is 4.73. The molecule has 3 fully saturated rings. The van der Waals surface area contributed by atoms with Gasteiger partial charge in [-0.05, 0) is 37.1 Å². The van der Waals surface area contributed by atoms with Gasteiger partial charge in [0.1, 0.15) is 0 Å². The minimum atomic E-state index is 0.898. The quantitative estimate of drug-likeness (QED) is 0.463. The molecule has 1 aliphatic heterocycles. The highest BCUT2D eigenvalue weighted by atomic mass is 15.2. The second-order valence-electron chi connectivity index (χ2n) is 4.18. The number of fused-ring (bicyclic) bond motifs is 1. The van der Waals surface area contributed by atoms with E-state index in [1.165, 1.54) is 19.0 Å². The summed E-state index contributed by atoms with van der Waals surface area (Å²) in [6.45, 7) is 2.83. The number of likely N-dealkylation sites (tertiary alicyclic amines) is 1. The third kappa shape index (κ3) is 0.337. The van der Waals surface area contributed by atoms with Gasteiger partial charge >= 0.3 is 0 Å². The predicted molar refractivity (Wildman–Crippen MR) is 36.1 cm³/mol. The van der Waals surface area contributed by atoms with E-state index in [0.29, 0.717) is 0 Å². The molecule has 50 valence electrons. The molecule has 3 unspecified atom stereocenters. The van der Waals surface area contributed by atoms with E-state index in [1.807, 2.05) is 0 Å². The van der Waals surface area contributed by atoms with Crippen LogP contribution in [0.2, 0.25) is 0 Å². The van der Waals surface area contributed by atoms with E-state index in [2.05, 4.69) is 11.9 Å². The van der Waals surface area contributed by atoms with E-state index in [4.69, 9.17) is 0 Å². The van der Waals surface area contributed by atoms with E-state index in [0.717, 1.165) is 11.3 Å². The van der Waals surface area contributed by atoms with Crippen molar-refractivity contribution in [3.05, 3.63) is 0 Å². The Hall–Kier alpha value is -0.0400. The molecule has 0 bridgehead atoms. The van der Waals surface area contributed by atoms with Gasteiger partial charge in [0.05, 0.1) is 0 Å². The summed E-state index contributed by atoms with van der Waals surface area (Å²) in [7, 11) is 2.26. The molecule has 3 atom stereocenters. The first-order chi connectivity index (χ1) is 4.33. The molecule has 0 N–H and O–H groups in total. The lowest BCUT2D eigenvalue weighted by molar-refractivity contribution is 0.219. The highest BCUT2D eigenvalue weighted by Gasteiger charge is 2.72. The number of nitrogens with zero attached hydrogens (tertiary/aromatic N) is 1. The molecule has 0 aromatic heterocycles. The first-order valence-electron chi connectivity index (χ1n) is 4.01. The third-order valence-electron chi connectivity index (χ3n) is 3.85. The SMILES string of the molecule is CN1CC2C3CCC32C1. The van der Waals surface area contributed by atoms with Crippen LogP contribution in [0.25, 0.3) is 0 Å². The zero-order valence-corrected chi connectivity index (χ0v) is 5.93. The van der Waals surface area contributed by atoms with Crippen LogP contribution >= 0.6 is 0 Å². The fourth-order valence-electron chi connectivity index (χ4n) is 3.26. The summed E-state index contributed by atoms with van der Waals surface area (Å²) in [5.41, 5.74) is 0.898. The normalized spacial score (nSPS) is 62.3. The topological polar surface area (TPSA) is 3.24 Å². The van der Waals surface area contributed by atoms with Crippen LogP contribution in [0.4, 0.5) is 0 Å². The van der Waals surface area contributed by atoms with Crippen molar-refractivity contribution in [2.45, 2.75) is 12.8 Å². The van der Waals surface area contributed by atoms with Crippen LogP contribution in [0.15, 0.2) is 0 Å². The van der Waals surface area contributed by atoms with E-state index in [-0.39, 0.29) is 0 Å². The average molecular weight is 123 g/mol. The maximum Gasteiger partial charge on any atom is 0.00411 e. The number of piperidine rings is 1. The summed E-state index contributed by atoms with van der Waals surface area (Å²) in [6.07, 6.45) is 3.10. The maximum atomic E-state index is 2.50. The Morgan fingerprint density at radius 3 is 2.78 bits per heavy atom.